The molecular formula is C30H26O6. The van der Waals surface area contributed by atoms with Crippen LogP contribution in [0.15, 0.2) is 97.1 Å². The molecule has 6 heteroatoms. The third-order valence-electron chi connectivity index (χ3n) is 5.89. The predicted octanol–water partition coefficient (Wildman–Crippen LogP) is 6.22. The van der Waals surface area contributed by atoms with Crippen LogP contribution in [0.2, 0.25) is 0 Å². The molecule has 0 saturated carbocycles. The summed E-state index contributed by atoms with van der Waals surface area (Å²) in [4.78, 5) is 25.2. The molecule has 0 heterocycles. The Balaban J connectivity index is 1.32. The van der Waals surface area contributed by atoms with Gasteiger partial charge in [0.05, 0.1) is 11.1 Å². The first-order valence-electron chi connectivity index (χ1n) is 11.5. The normalized spacial score (nSPS) is 12.4. The predicted molar refractivity (Wildman–Crippen MR) is 137 cm³/mol. The largest absolute Gasteiger partial charge is 0.508 e. The van der Waals surface area contributed by atoms with E-state index in [1.165, 1.54) is 0 Å². The standard InChI is InChI=1S/C30H26O6/c1-19(35-29(33)25-7-3-21(4-8-25)23-11-15-27(31)16-12-23)20(2)36-30(34)26-9-5-22(6-10-26)24-13-17-28(32)18-14-24/h3-20,31-32H,1-2H3. The number of esters is 2. The molecule has 0 aliphatic rings. The van der Waals surface area contributed by atoms with Crippen LogP contribution in [0.3, 0.4) is 0 Å². The molecule has 0 aliphatic carbocycles. The molecule has 2 unspecified atom stereocenters. The van der Waals surface area contributed by atoms with Gasteiger partial charge in [0, 0.05) is 0 Å². The topological polar surface area (TPSA) is 93.1 Å². The Morgan fingerprint density at radius 2 is 0.750 bits per heavy atom. The molecular weight excluding hydrogens is 456 g/mol. The van der Waals surface area contributed by atoms with Gasteiger partial charge in [0.15, 0.2) is 0 Å². The fourth-order valence-electron chi connectivity index (χ4n) is 3.57. The highest BCUT2D eigenvalue weighted by atomic mass is 16.6. The Hall–Kier alpha value is -4.58. The maximum atomic E-state index is 12.6. The lowest BCUT2D eigenvalue weighted by atomic mass is 10.0. The summed E-state index contributed by atoms with van der Waals surface area (Å²) in [5.41, 5.74) is 4.40. The average molecular weight is 483 g/mol. The number of benzene rings is 4. The molecule has 0 saturated heterocycles. The maximum absolute atomic E-state index is 12.6. The molecule has 0 fully saturated rings. The van der Waals surface area contributed by atoms with E-state index < -0.39 is 24.1 Å². The smallest absolute Gasteiger partial charge is 0.338 e. The van der Waals surface area contributed by atoms with Gasteiger partial charge in [0.1, 0.15) is 23.7 Å². The number of hydrogen-bond donors (Lipinski definition) is 2. The van der Waals surface area contributed by atoms with Crippen LogP contribution in [0.4, 0.5) is 0 Å². The van der Waals surface area contributed by atoms with Crippen LogP contribution < -0.4 is 0 Å². The Labute approximate surface area is 209 Å². The van der Waals surface area contributed by atoms with Crippen LogP contribution in [-0.2, 0) is 9.47 Å². The summed E-state index contributed by atoms with van der Waals surface area (Å²) in [6.07, 6.45) is -1.32. The lowest BCUT2D eigenvalue weighted by Crippen LogP contribution is -2.30. The van der Waals surface area contributed by atoms with E-state index >= 15 is 0 Å². The molecule has 2 atom stereocenters. The van der Waals surface area contributed by atoms with E-state index in [4.69, 9.17) is 9.47 Å². The zero-order chi connectivity index (χ0) is 25.7. The van der Waals surface area contributed by atoms with Gasteiger partial charge in [-0.25, -0.2) is 9.59 Å². The molecule has 6 nitrogen and oxygen atoms in total. The summed E-state index contributed by atoms with van der Waals surface area (Å²) in [7, 11) is 0. The van der Waals surface area contributed by atoms with E-state index in [0.717, 1.165) is 22.3 Å². The molecule has 4 aromatic rings. The van der Waals surface area contributed by atoms with Crippen molar-refractivity contribution < 1.29 is 29.3 Å². The number of hydrogen-bond acceptors (Lipinski definition) is 6. The van der Waals surface area contributed by atoms with Gasteiger partial charge in [-0.3, -0.25) is 0 Å². The van der Waals surface area contributed by atoms with E-state index in [9.17, 15) is 19.8 Å². The molecule has 4 aromatic carbocycles. The van der Waals surface area contributed by atoms with Gasteiger partial charge in [-0.15, -0.1) is 0 Å². The van der Waals surface area contributed by atoms with Crippen LogP contribution in [0, 0.1) is 0 Å². The van der Waals surface area contributed by atoms with Crippen LogP contribution in [-0.4, -0.2) is 34.4 Å². The van der Waals surface area contributed by atoms with Crippen LogP contribution >= 0.6 is 0 Å². The number of phenolic OH excluding ortho intramolecular Hbond substituents is 2. The SMILES string of the molecule is CC(OC(=O)c1ccc(-c2ccc(O)cc2)cc1)C(C)OC(=O)c1ccc(-c2ccc(O)cc2)cc1. The van der Waals surface area contributed by atoms with Crippen molar-refractivity contribution in [3.8, 4) is 33.8 Å². The number of phenols is 2. The zero-order valence-electron chi connectivity index (χ0n) is 19.9. The van der Waals surface area contributed by atoms with Gasteiger partial charge in [-0.1, -0.05) is 48.5 Å². The van der Waals surface area contributed by atoms with Gasteiger partial charge in [-0.05, 0) is 84.6 Å². The van der Waals surface area contributed by atoms with Crippen molar-refractivity contribution in [3.63, 3.8) is 0 Å². The summed E-state index contributed by atoms with van der Waals surface area (Å²) in [5.74, 6) is -0.649. The second-order valence-corrected chi connectivity index (χ2v) is 8.47. The molecule has 36 heavy (non-hydrogen) atoms. The maximum Gasteiger partial charge on any atom is 0.338 e. The molecule has 0 radical (unpaired) electrons. The summed E-state index contributed by atoms with van der Waals surface area (Å²) in [6.45, 7) is 3.35. The van der Waals surface area contributed by atoms with E-state index in [0.29, 0.717) is 11.1 Å². The summed E-state index contributed by atoms with van der Waals surface area (Å²) >= 11 is 0. The number of rotatable bonds is 7. The third kappa shape index (κ3) is 5.91. The molecule has 2 N–H and O–H groups in total. The summed E-state index contributed by atoms with van der Waals surface area (Å²) in [5, 5.41) is 18.9. The zero-order valence-corrected chi connectivity index (χ0v) is 19.9. The highest BCUT2D eigenvalue weighted by molar-refractivity contribution is 5.91. The third-order valence-corrected chi connectivity index (χ3v) is 5.89. The second kappa shape index (κ2) is 10.8. The van der Waals surface area contributed by atoms with E-state index in [1.807, 2.05) is 0 Å². The van der Waals surface area contributed by atoms with Crippen molar-refractivity contribution in [2.24, 2.45) is 0 Å². The fraction of sp³-hybridized carbons (Fsp3) is 0.133. The number of aromatic hydroxyl groups is 2. The molecule has 0 aromatic heterocycles. The second-order valence-electron chi connectivity index (χ2n) is 8.47. The van der Waals surface area contributed by atoms with Gasteiger partial charge < -0.3 is 19.7 Å². The number of carbonyl (C=O) groups is 2. The van der Waals surface area contributed by atoms with Crippen molar-refractivity contribution in [2.45, 2.75) is 26.1 Å². The Morgan fingerprint density at radius 1 is 0.500 bits per heavy atom. The quantitative estimate of drug-likeness (QED) is 0.304. The first-order valence-corrected chi connectivity index (χ1v) is 11.5. The van der Waals surface area contributed by atoms with Gasteiger partial charge in [0.25, 0.3) is 0 Å². The lowest BCUT2D eigenvalue weighted by Gasteiger charge is -2.21. The van der Waals surface area contributed by atoms with Crippen molar-refractivity contribution in [1.82, 2.24) is 0 Å². The first-order chi connectivity index (χ1) is 17.3. The molecule has 0 spiro atoms. The Kier molecular flexibility index (Phi) is 7.35. The van der Waals surface area contributed by atoms with Crippen LogP contribution in [0.5, 0.6) is 11.5 Å². The van der Waals surface area contributed by atoms with E-state index in [-0.39, 0.29) is 11.5 Å². The first kappa shape index (κ1) is 24.5. The lowest BCUT2D eigenvalue weighted by molar-refractivity contribution is -0.0239. The van der Waals surface area contributed by atoms with Crippen molar-refractivity contribution >= 4 is 11.9 Å². The summed E-state index contributed by atoms with van der Waals surface area (Å²) in [6, 6.07) is 27.5. The fourth-order valence-corrected chi connectivity index (χ4v) is 3.57. The van der Waals surface area contributed by atoms with Crippen LogP contribution in [0.1, 0.15) is 34.6 Å². The molecule has 4 rings (SSSR count). The monoisotopic (exact) mass is 482 g/mol. The Bertz CT molecular complexity index is 1220. The minimum atomic E-state index is -0.658. The molecule has 0 aliphatic heterocycles. The van der Waals surface area contributed by atoms with E-state index in [1.54, 1.807) is 111 Å². The average Bonchev–Trinajstić information content (AvgIpc) is 2.89. The highest BCUT2D eigenvalue weighted by Crippen LogP contribution is 2.24. The molecule has 0 amide bonds. The highest BCUT2D eigenvalue weighted by Gasteiger charge is 2.22. The minimum absolute atomic E-state index is 0.189. The number of carbonyl (C=O) groups excluding carboxylic acids is 2. The van der Waals surface area contributed by atoms with Crippen molar-refractivity contribution in [1.29, 1.82) is 0 Å². The molecule has 0 bridgehead atoms. The van der Waals surface area contributed by atoms with Gasteiger partial charge in [-0.2, -0.15) is 0 Å². The number of ether oxygens (including phenoxy) is 2. The van der Waals surface area contributed by atoms with Crippen molar-refractivity contribution in [2.75, 3.05) is 0 Å². The van der Waals surface area contributed by atoms with Crippen molar-refractivity contribution in [3.05, 3.63) is 108 Å². The van der Waals surface area contributed by atoms with Crippen LogP contribution in [0.25, 0.3) is 22.3 Å². The van der Waals surface area contributed by atoms with Gasteiger partial charge in [0.2, 0.25) is 0 Å². The minimum Gasteiger partial charge on any atom is -0.508 e. The Morgan fingerprint density at radius 3 is 1.03 bits per heavy atom. The summed E-state index contributed by atoms with van der Waals surface area (Å²) < 4.78 is 11.0. The van der Waals surface area contributed by atoms with E-state index in [2.05, 4.69) is 0 Å². The molecule has 182 valence electrons. The van der Waals surface area contributed by atoms with Gasteiger partial charge >= 0.3 is 11.9 Å².